The molecule has 3 heteroatoms. The van der Waals surface area contributed by atoms with Crippen LogP contribution in [0.5, 0.6) is 0 Å². The molecular weight excluding hydrogens is 144 g/mol. The third-order valence-corrected chi connectivity index (χ3v) is 1.07. The highest BCUT2D eigenvalue weighted by Gasteiger charge is 2.07. The van der Waals surface area contributed by atoms with Gasteiger partial charge < -0.3 is 9.47 Å². The number of esters is 1. The second kappa shape index (κ2) is 6.16. The Bertz CT molecular complexity index is 110. The van der Waals surface area contributed by atoms with Gasteiger partial charge in [0.25, 0.3) is 0 Å². The molecule has 0 aromatic heterocycles. The fourth-order valence-electron chi connectivity index (χ4n) is 0.482. The second-order valence-electron chi connectivity index (χ2n) is 2.33. The van der Waals surface area contributed by atoms with Gasteiger partial charge >= 0.3 is 5.97 Å². The molecule has 0 bridgehead atoms. The first-order valence-electron chi connectivity index (χ1n) is 3.73. The Kier molecular flexibility index (Phi) is 5.84. The van der Waals surface area contributed by atoms with Crippen LogP contribution >= 0.6 is 0 Å². The predicted molar refractivity (Wildman–Crippen MR) is 42.0 cm³/mol. The van der Waals surface area contributed by atoms with Crippen LogP contribution in [0, 0.1) is 5.92 Å². The van der Waals surface area contributed by atoms with E-state index in [2.05, 4.69) is 0 Å². The quantitative estimate of drug-likeness (QED) is 0.446. The molecule has 0 unspecified atom stereocenters. The van der Waals surface area contributed by atoms with E-state index in [1.54, 1.807) is 13.8 Å². The molecule has 11 heavy (non-hydrogen) atoms. The third kappa shape index (κ3) is 5.85. The fraction of sp³-hybridized carbons (Fsp3) is 0.750. The molecule has 0 fully saturated rings. The average Bonchev–Trinajstić information content (AvgIpc) is 1.97. The molecule has 1 radical (unpaired) electrons. The van der Waals surface area contributed by atoms with Crippen LogP contribution < -0.4 is 0 Å². The summed E-state index contributed by atoms with van der Waals surface area (Å²) in [5.41, 5.74) is 0. The number of carbonyl (C=O) groups is 1. The molecular formula is C8H15O3. The lowest BCUT2D eigenvalue weighted by Gasteiger charge is -2.05. The molecule has 0 N–H and O–H groups in total. The van der Waals surface area contributed by atoms with E-state index in [1.165, 1.54) is 0 Å². The van der Waals surface area contributed by atoms with E-state index in [-0.39, 0.29) is 5.97 Å². The van der Waals surface area contributed by atoms with Crippen LogP contribution in [0.2, 0.25) is 0 Å². The van der Waals surface area contributed by atoms with Gasteiger partial charge in [-0.3, -0.25) is 4.79 Å². The van der Waals surface area contributed by atoms with Crippen LogP contribution in [0.15, 0.2) is 0 Å². The molecule has 3 nitrogen and oxygen atoms in total. The molecule has 0 amide bonds. The molecule has 0 heterocycles. The predicted octanol–water partition coefficient (Wildman–Crippen LogP) is 1.18. The minimum atomic E-state index is -0.246. The Morgan fingerprint density at radius 2 is 1.91 bits per heavy atom. The van der Waals surface area contributed by atoms with E-state index in [1.807, 2.05) is 6.92 Å². The summed E-state index contributed by atoms with van der Waals surface area (Å²) in [6, 6.07) is 0. The monoisotopic (exact) mass is 159 g/mol. The Balaban J connectivity index is 3.18. The molecule has 65 valence electrons. The first-order valence-corrected chi connectivity index (χ1v) is 3.73. The van der Waals surface area contributed by atoms with E-state index >= 15 is 0 Å². The Hall–Kier alpha value is -0.570. The van der Waals surface area contributed by atoms with Crippen molar-refractivity contribution in [3.05, 3.63) is 5.92 Å². The number of rotatable bonds is 5. The standard InChI is InChI=1S/C8H15O3/c1-4-10-5-6-11-8(9)7(2)3/h4-6H2,1-3H3. The van der Waals surface area contributed by atoms with Crippen LogP contribution in [-0.4, -0.2) is 25.8 Å². The van der Waals surface area contributed by atoms with Gasteiger partial charge in [-0.05, 0) is 20.8 Å². The van der Waals surface area contributed by atoms with Gasteiger partial charge in [0.05, 0.1) is 12.5 Å². The molecule has 0 aliphatic carbocycles. The minimum absolute atomic E-state index is 0.246. The van der Waals surface area contributed by atoms with Gasteiger partial charge in [-0.2, -0.15) is 0 Å². The zero-order valence-corrected chi connectivity index (χ0v) is 7.35. The topological polar surface area (TPSA) is 35.5 Å². The van der Waals surface area contributed by atoms with E-state index in [4.69, 9.17) is 9.47 Å². The van der Waals surface area contributed by atoms with Crippen molar-refractivity contribution in [2.24, 2.45) is 0 Å². The van der Waals surface area contributed by atoms with Crippen LogP contribution in [0.3, 0.4) is 0 Å². The van der Waals surface area contributed by atoms with Gasteiger partial charge in [-0.1, -0.05) is 0 Å². The number of hydrogen-bond donors (Lipinski definition) is 0. The van der Waals surface area contributed by atoms with E-state index < -0.39 is 0 Å². The molecule has 0 saturated carbocycles. The van der Waals surface area contributed by atoms with Gasteiger partial charge in [0, 0.05) is 6.61 Å². The van der Waals surface area contributed by atoms with Crippen molar-refractivity contribution in [3.8, 4) is 0 Å². The third-order valence-electron chi connectivity index (χ3n) is 1.07. The molecule has 0 spiro atoms. The minimum Gasteiger partial charge on any atom is -0.463 e. The summed E-state index contributed by atoms with van der Waals surface area (Å²) in [4.78, 5) is 10.8. The average molecular weight is 159 g/mol. The Morgan fingerprint density at radius 3 is 2.36 bits per heavy atom. The molecule has 0 saturated heterocycles. The van der Waals surface area contributed by atoms with Crippen molar-refractivity contribution in [1.82, 2.24) is 0 Å². The molecule has 0 aromatic rings. The molecule has 0 aromatic carbocycles. The highest BCUT2D eigenvalue weighted by molar-refractivity contribution is 5.83. The molecule has 0 rings (SSSR count). The van der Waals surface area contributed by atoms with Crippen molar-refractivity contribution in [3.63, 3.8) is 0 Å². The molecule has 0 atom stereocenters. The summed E-state index contributed by atoms with van der Waals surface area (Å²) >= 11 is 0. The van der Waals surface area contributed by atoms with Crippen LogP contribution in [0.25, 0.3) is 0 Å². The van der Waals surface area contributed by atoms with Crippen molar-refractivity contribution in [2.45, 2.75) is 20.8 Å². The summed E-state index contributed by atoms with van der Waals surface area (Å²) in [6.07, 6.45) is 0. The SMILES string of the molecule is CCOCCOC(=O)[C](C)C. The summed E-state index contributed by atoms with van der Waals surface area (Å²) in [7, 11) is 0. The highest BCUT2D eigenvalue weighted by Crippen LogP contribution is 1.97. The number of ether oxygens (including phenoxy) is 2. The first-order chi connectivity index (χ1) is 5.18. The molecule has 0 aliphatic heterocycles. The van der Waals surface area contributed by atoms with Crippen molar-refractivity contribution < 1.29 is 14.3 Å². The second-order valence-corrected chi connectivity index (χ2v) is 2.33. The maximum Gasteiger partial charge on any atom is 0.312 e. The van der Waals surface area contributed by atoms with E-state index in [9.17, 15) is 4.79 Å². The van der Waals surface area contributed by atoms with Gasteiger partial charge in [-0.15, -0.1) is 0 Å². The van der Waals surface area contributed by atoms with Crippen molar-refractivity contribution in [1.29, 1.82) is 0 Å². The zero-order valence-electron chi connectivity index (χ0n) is 7.35. The van der Waals surface area contributed by atoms with Gasteiger partial charge in [0.2, 0.25) is 0 Å². The van der Waals surface area contributed by atoms with E-state index in [0.29, 0.717) is 25.7 Å². The Morgan fingerprint density at radius 1 is 1.27 bits per heavy atom. The van der Waals surface area contributed by atoms with Crippen molar-refractivity contribution >= 4 is 5.97 Å². The van der Waals surface area contributed by atoms with Crippen molar-refractivity contribution in [2.75, 3.05) is 19.8 Å². The lowest BCUT2D eigenvalue weighted by molar-refractivity contribution is -0.142. The number of hydrogen-bond acceptors (Lipinski definition) is 3. The summed E-state index contributed by atoms with van der Waals surface area (Å²) < 4.78 is 9.78. The fourth-order valence-corrected chi connectivity index (χ4v) is 0.482. The van der Waals surface area contributed by atoms with Gasteiger partial charge in [0.1, 0.15) is 6.61 Å². The normalized spacial score (nSPS) is 10.2. The van der Waals surface area contributed by atoms with Gasteiger partial charge in [0.15, 0.2) is 0 Å². The summed E-state index contributed by atoms with van der Waals surface area (Å²) in [5, 5.41) is 0. The first kappa shape index (κ1) is 10.4. The molecule has 0 aliphatic rings. The number of carbonyl (C=O) groups excluding carboxylic acids is 1. The lowest BCUT2D eigenvalue weighted by atomic mass is 10.2. The highest BCUT2D eigenvalue weighted by atomic mass is 16.6. The van der Waals surface area contributed by atoms with Crippen LogP contribution in [-0.2, 0) is 14.3 Å². The zero-order chi connectivity index (χ0) is 8.69. The maximum atomic E-state index is 10.8. The Labute approximate surface area is 67.7 Å². The van der Waals surface area contributed by atoms with Crippen LogP contribution in [0.1, 0.15) is 20.8 Å². The summed E-state index contributed by atoms with van der Waals surface area (Å²) in [6.45, 7) is 6.84. The smallest absolute Gasteiger partial charge is 0.312 e. The largest absolute Gasteiger partial charge is 0.463 e. The van der Waals surface area contributed by atoms with E-state index in [0.717, 1.165) is 0 Å². The maximum absolute atomic E-state index is 10.8. The van der Waals surface area contributed by atoms with Gasteiger partial charge in [-0.25, -0.2) is 0 Å². The lowest BCUT2D eigenvalue weighted by Crippen LogP contribution is -2.13. The van der Waals surface area contributed by atoms with Crippen LogP contribution in [0.4, 0.5) is 0 Å². The summed E-state index contributed by atoms with van der Waals surface area (Å²) in [5.74, 6) is 0.422.